The van der Waals surface area contributed by atoms with Gasteiger partial charge < -0.3 is 14.8 Å². The van der Waals surface area contributed by atoms with Gasteiger partial charge in [-0.2, -0.15) is 0 Å². The van der Waals surface area contributed by atoms with Gasteiger partial charge in [0.2, 0.25) is 0 Å². The van der Waals surface area contributed by atoms with Crippen molar-refractivity contribution < 1.29 is 27.4 Å². The molecule has 128 valence electrons. The molecule has 0 aliphatic rings. The van der Waals surface area contributed by atoms with Crippen LogP contribution in [-0.2, 0) is 4.79 Å². The molecule has 4 nitrogen and oxygen atoms in total. The van der Waals surface area contributed by atoms with Gasteiger partial charge in [-0.05, 0) is 37.6 Å². The van der Waals surface area contributed by atoms with Gasteiger partial charge in [0.15, 0.2) is 12.4 Å². The van der Waals surface area contributed by atoms with Crippen molar-refractivity contribution in [3.63, 3.8) is 0 Å². The first-order valence-electron chi connectivity index (χ1n) is 7.09. The summed E-state index contributed by atoms with van der Waals surface area (Å²) < 4.78 is 46.3. The molecular formula is C17H16F3NO3. The predicted octanol–water partition coefficient (Wildman–Crippen LogP) is 4.22. The van der Waals surface area contributed by atoms with Crippen LogP contribution in [0.3, 0.4) is 0 Å². The number of amides is 1. The molecule has 24 heavy (non-hydrogen) atoms. The summed E-state index contributed by atoms with van der Waals surface area (Å²) in [5, 5.41) is 2.35. The summed E-state index contributed by atoms with van der Waals surface area (Å²) in [6.45, 7) is 3.44. The van der Waals surface area contributed by atoms with Gasteiger partial charge in [0.05, 0.1) is 5.69 Å². The fourth-order valence-corrected chi connectivity index (χ4v) is 2.07. The van der Waals surface area contributed by atoms with Crippen LogP contribution in [0.2, 0.25) is 0 Å². The molecule has 1 N–H and O–H groups in total. The van der Waals surface area contributed by atoms with Gasteiger partial charge in [-0.15, -0.1) is 13.2 Å². The molecule has 0 atom stereocenters. The maximum atomic E-state index is 12.3. The van der Waals surface area contributed by atoms with Crippen molar-refractivity contribution in [2.24, 2.45) is 0 Å². The molecule has 0 unspecified atom stereocenters. The average molecular weight is 339 g/mol. The number of carbonyl (C=O) groups is 1. The molecule has 0 saturated carbocycles. The molecule has 2 aromatic rings. The number of benzene rings is 2. The molecule has 7 heteroatoms. The topological polar surface area (TPSA) is 47.6 Å². The Balaban J connectivity index is 2.00. The van der Waals surface area contributed by atoms with Crippen LogP contribution >= 0.6 is 0 Å². The lowest BCUT2D eigenvalue weighted by molar-refractivity contribution is -0.274. The Hall–Kier alpha value is -2.70. The largest absolute Gasteiger partial charge is 0.573 e. The van der Waals surface area contributed by atoms with E-state index in [0.29, 0.717) is 5.75 Å². The van der Waals surface area contributed by atoms with Gasteiger partial charge in [0, 0.05) is 0 Å². The van der Waals surface area contributed by atoms with E-state index in [1.807, 2.05) is 26.0 Å². The van der Waals surface area contributed by atoms with Crippen molar-refractivity contribution in [1.82, 2.24) is 0 Å². The summed E-state index contributed by atoms with van der Waals surface area (Å²) in [6, 6.07) is 10.8. The summed E-state index contributed by atoms with van der Waals surface area (Å²) in [7, 11) is 0. The molecule has 0 saturated heterocycles. The standard InChI is InChI=1S/C17H16F3NO3/c1-11-7-8-14(12(2)9-11)23-10-16(22)21-13-5-3-4-6-15(13)24-17(18,19)20/h3-9H,10H2,1-2H3,(H,21,22). The second kappa shape index (κ2) is 7.25. The highest BCUT2D eigenvalue weighted by molar-refractivity contribution is 5.93. The van der Waals surface area contributed by atoms with Crippen LogP contribution in [0.15, 0.2) is 42.5 Å². The Morgan fingerprint density at radius 2 is 1.79 bits per heavy atom. The van der Waals surface area contributed by atoms with Gasteiger partial charge in [-0.1, -0.05) is 29.8 Å². The van der Waals surface area contributed by atoms with Crippen molar-refractivity contribution in [3.05, 3.63) is 53.6 Å². The SMILES string of the molecule is Cc1ccc(OCC(=O)Nc2ccccc2OC(F)(F)F)c(C)c1. The first kappa shape index (κ1) is 17.7. The van der Waals surface area contributed by atoms with E-state index in [0.717, 1.165) is 17.2 Å². The molecular weight excluding hydrogens is 323 g/mol. The minimum absolute atomic E-state index is 0.0796. The van der Waals surface area contributed by atoms with Crippen molar-refractivity contribution in [3.8, 4) is 11.5 Å². The van der Waals surface area contributed by atoms with Crippen LogP contribution in [-0.4, -0.2) is 18.9 Å². The molecule has 1 amide bonds. The molecule has 0 heterocycles. The number of hydrogen-bond donors (Lipinski definition) is 1. The molecule has 0 aromatic heterocycles. The molecule has 2 rings (SSSR count). The molecule has 0 aliphatic heterocycles. The second-order valence-electron chi connectivity index (χ2n) is 5.15. The number of nitrogens with one attached hydrogen (secondary N) is 1. The number of alkyl halides is 3. The Kier molecular flexibility index (Phi) is 5.33. The first-order valence-corrected chi connectivity index (χ1v) is 7.09. The normalized spacial score (nSPS) is 11.0. The zero-order valence-corrected chi connectivity index (χ0v) is 13.1. The van der Waals surface area contributed by atoms with E-state index >= 15 is 0 Å². The van der Waals surface area contributed by atoms with E-state index in [2.05, 4.69) is 10.1 Å². The summed E-state index contributed by atoms with van der Waals surface area (Å²) in [5.41, 5.74) is 1.84. The lowest BCUT2D eigenvalue weighted by Crippen LogP contribution is -2.22. The summed E-state index contributed by atoms with van der Waals surface area (Å²) in [5.74, 6) is -0.534. The average Bonchev–Trinajstić information content (AvgIpc) is 2.47. The number of halogens is 3. The van der Waals surface area contributed by atoms with E-state index in [4.69, 9.17) is 4.74 Å². The monoisotopic (exact) mass is 339 g/mol. The zero-order chi connectivity index (χ0) is 17.7. The Morgan fingerprint density at radius 1 is 1.08 bits per heavy atom. The minimum atomic E-state index is -4.84. The van der Waals surface area contributed by atoms with Crippen LogP contribution in [0.1, 0.15) is 11.1 Å². The van der Waals surface area contributed by atoms with Crippen molar-refractivity contribution in [1.29, 1.82) is 0 Å². The third-order valence-corrected chi connectivity index (χ3v) is 3.08. The quantitative estimate of drug-likeness (QED) is 0.887. The van der Waals surface area contributed by atoms with E-state index < -0.39 is 18.0 Å². The van der Waals surface area contributed by atoms with Gasteiger partial charge in [-0.3, -0.25) is 4.79 Å². The number of ether oxygens (including phenoxy) is 2. The number of carbonyl (C=O) groups excluding carboxylic acids is 1. The van der Waals surface area contributed by atoms with Crippen molar-refractivity contribution >= 4 is 11.6 Å². The lowest BCUT2D eigenvalue weighted by Gasteiger charge is -2.14. The maximum Gasteiger partial charge on any atom is 0.573 e. The van der Waals surface area contributed by atoms with Crippen molar-refractivity contribution in [2.45, 2.75) is 20.2 Å². The molecule has 2 aromatic carbocycles. The van der Waals surface area contributed by atoms with Gasteiger partial charge in [0.25, 0.3) is 5.91 Å². The first-order chi connectivity index (χ1) is 11.2. The summed E-state index contributed by atoms with van der Waals surface area (Å²) >= 11 is 0. The zero-order valence-electron chi connectivity index (χ0n) is 13.1. The third kappa shape index (κ3) is 5.19. The molecule has 0 spiro atoms. The number of anilines is 1. The minimum Gasteiger partial charge on any atom is -0.483 e. The Labute approximate surface area is 137 Å². The lowest BCUT2D eigenvalue weighted by atomic mass is 10.1. The highest BCUT2D eigenvalue weighted by Gasteiger charge is 2.32. The number of hydrogen-bond acceptors (Lipinski definition) is 3. The second-order valence-corrected chi connectivity index (χ2v) is 5.15. The smallest absolute Gasteiger partial charge is 0.483 e. The number of para-hydroxylation sites is 2. The highest BCUT2D eigenvalue weighted by Crippen LogP contribution is 2.29. The fraction of sp³-hybridized carbons (Fsp3) is 0.235. The number of aryl methyl sites for hydroxylation is 2. The third-order valence-electron chi connectivity index (χ3n) is 3.08. The van der Waals surface area contributed by atoms with Crippen molar-refractivity contribution in [2.75, 3.05) is 11.9 Å². The highest BCUT2D eigenvalue weighted by atomic mass is 19.4. The fourth-order valence-electron chi connectivity index (χ4n) is 2.07. The van der Waals surface area contributed by atoms with Crippen LogP contribution in [0.25, 0.3) is 0 Å². The predicted molar refractivity (Wildman–Crippen MR) is 83.2 cm³/mol. The van der Waals surface area contributed by atoms with E-state index in [1.54, 1.807) is 6.07 Å². The van der Waals surface area contributed by atoms with E-state index in [1.165, 1.54) is 18.2 Å². The summed E-state index contributed by atoms with van der Waals surface area (Å²) in [4.78, 5) is 11.9. The van der Waals surface area contributed by atoms with Gasteiger partial charge in [0.1, 0.15) is 5.75 Å². The molecule has 0 aliphatic carbocycles. The Morgan fingerprint density at radius 3 is 2.46 bits per heavy atom. The maximum absolute atomic E-state index is 12.3. The van der Waals surface area contributed by atoms with Gasteiger partial charge >= 0.3 is 6.36 Å². The van der Waals surface area contributed by atoms with Crippen LogP contribution in [0, 0.1) is 13.8 Å². The van der Waals surface area contributed by atoms with E-state index in [-0.39, 0.29) is 12.3 Å². The van der Waals surface area contributed by atoms with Gasteiger partial charge in [-0.25, -0.2) is 0 Å². The molecule has 0 bridgehead atoms. The van der Waals surface area contributed by atoms with Crippen LogP contribution in [0.5, 0.6) is 11.5 Å². The van der Waals surface area contributed by atoms with E-state index in [9.17, 15) is 18.0 Å². The summed E-state index contributed by atoms with van der Waals surface area (Å²) in [6.07, 6.45) is -4.84. The molecule has 0 fully saturated rings. The van der Waals surface area contributed by atoms with Crippen LogP contribution < -0.4 is 14.8 Å². The Bertz CT molecular complexity index is 729. The van der Waals surface area contributed by atoms with Crippen LogP contribution in [0.4, 0.5) is 18.9 Å². The molecule has 0 radical (unpaired) electrons. The number of rotatable bonds is 5.